The minimum atomic E-state index is -0.0334. The fourth-order valence-electron chi connectivity index (χ4n) is 0.703. The van der Waals surface area contributed by atoms with Crippen molar-refractivity contribution in [2.75, 3.05) is 27.2 Å². The lowest BCUT2D eigenvalue weighted by molar-refractivity contribution is -0.119. The van der Waals surface area contributed by atoms with Gasteiger partial charge in [0.2, 0.25) is 5.91 Å². The summed E-state index contributed by atoms with van der Waals surface area (Å²) in [5.41, 5.74) is 0. The first kappa shape index (κ1) is 10.7. The largest absolute Gasteiger partial charge is 0.359 e. The molecule has 0 unspecified atom stereocenters. The number of amides is 1. The molecule has 0 aromatic carbocycles. The van der Waals surface area contributed by atoms with E-state index in [2.05, 4.69) is 20.9 Å². The van der Waals surface area contributed by atoms with Crippen molar-refractivity contribution in [3.05, 3.63) is 0 Å². The summed E-state index contributed by atoms with van der Waals surface area (Å²) in [6.07, 6.45) is 0. The SMILES string of the molecule is CCNC(=O)CNC(=NC)NC. The predicted molar refractivity (Wildman–Crippen MR) is 49.1 cm³/mol. The van der Waals surface area contributed by atoms with Crippen molar-refractivity contribution in [2.45, 2.75) is 6.92 Å². The Morgan fingerprint density at radius 2 is 2.08 bits per heavy atom. The molecule has 0 radical (unpaired) electrons. The number of hydrogen-bond acceptors (Lipinski definition) is 2. The van der Waals surface area contributed by atoms with Gasteiger partial charge >= 0.3 is 0 Å². The van der Waals surface area contributed by atoms with Crippen LogP contribution in [0.1, 0.15) is 6.92 Å². The molecule has 0 atom stereocenters. The van der Waals surface area contributed by atoms with Gasteiger partial charge in [0.1, 0.15) is 0 Å². The zero-order valence-corrected chi connectivity index (χ0v) is 7.77. The molecule has 0 aromatic rings. The molecule has 0 saturated heterocycles. The topological polar surface area (TPSA) is 65.5 Å². The Morgan fingerprint density at radius 3 is 2.50 bits per heavy atom. The molecule has 1 amide bonds. The lowest BCUT2D eigenvalue weighted by Crippen LogP contribution is -2.41. The first-order valence-corrected chi connectivity index (χ1v) is 3.89. The van der Waals surface area contributed by atoms with E-state index < -0.39 is 0 Å². The number of nitrogens with zero attached hydrogens (tertiary/aromatic N) is 1. The first-order chi connectivity index (χ1) is 5.74. The molecule has 0 heterocycles. The third-order valence-electron chi connectivity index (χ3n) is 1.25. The number of likely N-dealkylation sites (N-methyl/N-ethyl adjacent to an activating group) is 1. The van der Waals surface area contributed by atoms with Gasteiger partial charge in [0, 0.05) is 20.6 Å². The van der Waals surface area contributed by atoms with Crippen molar-refractivity contribution in [1.82, 2.24) is 16.0 Å². The summed E-state index contributed by atoms with van der Waals surface area (Å²) >= 11 is 0. The molecular weight excluding hydrogens is 156 g/mol. The van der Waals surface area contributed by atoms with Crippen molar-refractivity contribution in [2.24, 2.45) is 4.99 Å². The molecule has 0 rings (SSSR count). The molecular formula is C7H16N4O. The second-order valence-electron chi connectivity index (χ2n) is 2.13. The van der Waals surface area contributed by atoms with Crippen LogP contribution in [0.4, 0.5) is 0 Å². The Kier molecular flexibility index (Phi) is 5.77. The molecule has 70 valence electrons. The summed E-state index contributed by atoms with van der Waals surface area (Å²) in [6, 6.07) is 0. The quantitative estimate of drug-likeness (QED) is 0.374. The van der Waals surface area contributed by atoms with Crippen LogP contribution in [0.3, 0.4) is 0 Å². The Hall–Kier alpha value is -1.26. The number of guanidine groups is 1. The molecule has 5 heteroatoms. The van der Waals surface area contributed by atoms with Crippen LogP contribution in [-0.4, -0.2) is 39.1 Å². The van der Waals surface area contributed by atoms with Crippen molar-refractivity contribution in [3.63, 3.8) is 0 Å². The van der Waals surface area contributed by atoms with E-state index in [4.69, 9.17) is 0 Å². The number of nitrogens with one attached hydrogen (secondary N) is 3. The number of hydrogen-bond donors (Lipinski definition) is 3. The molecule has 0 aliphatic rings. The minimum Gasteiger partial charge on any atom is -0.359 e. The van der Waals surface area contributed by atoms with Crippen LogP contribution in [0.15, 0.2) is 4.99 Å². The zero-order chi connectivity index (χ0) is 9.40. The Bertz CT molecular complexity index is 167. The van der Waals surface area contributed by atoms with Crippen molar-refractivity contribution >= 4 is 11.9 Å². The van der Waals surface area contributed by atoms with Crippen LogP contribution < -0.4 is 16.0 Å². The van der Waals surface area contributed by atoms with E-state index in [0.29, 0.717) is 12.5 Å². The second kappa shape index (κ2) is 6.45. The average molecular weight is 172 g/mol. The van der Waals surface area contributed by atoms with Gasteiger partial charge < -0.3 is 16.0 Å². The number of carbonyl (C=O) groups excluding carboxylic acids is 1. The van der Waals surface area contributed by atoms with E-state index in [0.717, 1.165) is 0 Å². The smallest absolute Gasteiger partial charge is 0.239 e. The highest BCUT2D eigenvalue weighted by molar-refractivity contribution is 5.86. The zero-order valence-electron chi connectivity index (χ0n) is 7.77. The highest BCUT2D eigenvalue weighted by atomic mass is 16.1. The molecule has 0 aliphatic heterocycles. The summed E-state index contributed by atoms with van der Waals surface area (Å²) < 4.78 is 0. The van der Waals surface area contributed by atoms with E-state index in [-0.39, 0.29) is 12.5 Å². The van der Waals surface area contributed by atoms with Gasteiger partial charge in [-0.1, -0.05) is 0 Å². The average Bonchev–Trinajstić information content (AvgIpc) is 2.07. The molecule has 0 spiro atoms. The monoisotopic (exact) mass is 172 g/mol. The molecule has 0 bridgehead atoms. The summed E-state index contributed by atoms with van der Waals surface area (Å²) in [5, 5.41) is 8.30. The standard InChI is InChI=1S/C7H16N4O/c1-4-10-6(12)5-11-7(8-2)9-3/h4-5H2,1-3H3,(H,10,12)(H2,8,9,11). The molecule has 0 aliphatic carbocycles. The highest BCUT2D eigenvalue weighted by Crippen LogP contribution is 1.66. The van der Waals surface area contributed by atoms with E-state index in [1.54, 1.807) is 14.1 Å². The first-order valence-electron chi connectivity index (χ1n) is 3.89. The fraction of sp³-hybridized carbons (Fsp3) is 0.714. The van der Waals surface area contributed by atoms with E-state index in [1.807, 2.05) is 6.92 Å². The lowest BCUT2D eigenvalue weighted by Gasteiger charge is -2.07. The van der Waals surface area contributed by atoms with Crippen LogP contribution >= 0.6 is 0 Å². The van der Waals surface area contributed by atoms with E-state index in [9.17, 15) is 4.79 Å². The fourth-order valence-corrected chi connectivity index (χ4v) is 0.703. The second-order valence-corrected chi connectivity index (χ2v) is 2.13. The normalized spacial score (nSPS) is 10.8. The molecule has 0 saturated carbocycles. The number of carbonyl (C=O) groups is 1. The summed E-state index contributed by atoms with van der Waals surface area (Å²) in [5.74, 6) is 0.579. The summed E-state index contributed by atoms with van der Waals surface area (Å²) in [7, 11) is 3.39. The van der Waals surface area contributed by atoms with Crippen LogP contribution in [0, 0.1) is 0 Å². The van der Waals surface area contributed by atoms with Crippen LogP contribution in [0.25, 0.3) is 0 Å². The van der Waals surface area contributed by atoms with Gasteiger partial charge in [-0.2, -0.15) is 0 Å². The molecule has 0 aromatic heterocycles. The highest BCUT2D eigenvalue weighted by Gasteiger charge is 1.98. The van der Waals surface area contributed by atoms with Gasteiger partial charge in [-0.15, -0.1) is 0 Å². The van der Waals surface area contributed by atoms with Gasteiger partial charge in [-0.05, 0) is 6.92 Å². The Labute approximate surface area is 72.6 Å². The van der Waals surface area contributed by atoms with Crippen molar-refractivity contribution < 1.29 is 4.79 Å². The number of rotatable bonds is 3. The molecule has 3 N–H and O–H groups in total. The van der Waals surface area contributed by atoms with Gasteiger partial charge in [-0.25, -0.2) is 0 Å². The van der Waals surface area contributed by atoms with Gasteiger partial charge in [-0.3, -0.25) is 9.79 Å². The Morgan fingerprint density at radius 1 is 1.42 bits per heavy atom. The van der Waals surface area contributed by atoms with E-state index >= 15 is 0 Å². The van der Waals surface area contributed by atoms with Crippen molar-refractivity contribution in [3.8, 4) is 0 Å². The molecule has 0 fully saturated rings. The van der Waals surface area contributed by atoms with E-state index in [1.165, 1.54) is 0 Å². The predicted octanol–water partition coefficient (Wildman–Crippen LogP) is -1.08. The van der Waals surface area contributed by atoms with Crippen LogP contribution in [0.5, 0.6) is 0 Å². The summed E-state index contributed by atoms with van der Waals surface area (Å²) in [4.78, 5) is 14.8. The maximum absolute atomic E-state index is 10.9. The lowest BCUT2D eigenvalue weighted by atomic mass is 10.5. The molecule has 5 nitrogen and oxygen atoms in total. The third kappa shape index (κ3) is 4.54. The maximum Gasteiger partial charge on any atom is 0.239 e. The minimum absolute atomic E-state index is 0.0334. The van der Waals surface area contributed by atoms with Crippen LogP contribution in [-0.2, 0) is 4.79 Å². The third-order valence-corrected chi connectivity index (χ3v) is 1.25. The summed E-state index contributed by atoms with van der Waals surface area (Å²) in [6.45, 7) is 2.78. The molecule has 12 heavy (non-hydrogen) atoms. The van der Waals surface area contributed by atoms with Crippen LogP contribution in [0.2, 0.25) is 0 Å². The number of aliphatic imine (C=N–C) groups is 1. The van der Waals surface area contributed by atoms with Crippen molar-refractivity contribution in [1.29, 1.82) is 0 Å². The van der Waals surface area contributed by atoms with Gasteiger partial charge in [0.15, 0.2) is 5.96 Å². The maximum atomic E-state index is 10.9. The Balaban J connectivity index is 3.59. The van der Waals surface area contributed by atoms with Gasteiger partial charge in [0.25, 0.3) is 0 Å². The van der Waals surface area contributed by atoms with Gasteiger partial charge in [0.05, 0.1) is 6.54 Å².